The van der Waals surface area contributed by atoms with Gasteiger partial charge in [-0.15, -0.1) is 0 Å². The zero-order valence-corrected chi connectivity index (χ0v) is 14.0. The van der Waals surface area contributed by atoms with Crippen LogP contribution in [0.4, 0.5) is 5.69 Å². The van der Waals surface area contributed by atoms with E-state index in [4.69, 9.17) is 4.52 Å². The van der Waals surface area contributed by atoms with Gasteiger partial charge >= 0.3 is 0 Å². The van der Waals surface area contributed by atoms with Crippen molar-refractivity contribution in [2.75, 3.05) is 18.9 Å². The van der Waals surface area contributed by atoms with Gasteiger partial charge in [-0.3, -0.25) is 9.69 Å². The lowest BCUT2D eigenvalue weighted by molar-refractivity contribution is -0.117. The Kier molecular flexibility index (Phi) is 6.29. The first kappa shape index (κ1) is 17.1. The number of likely N-dealkylation sites (N-methyl/N-ethyl adjacent to an activating group) is 1. The molecule has 2 aromatic rings. The van der Waals surface area contributed by atoms with Crippen LogP contribution < -0.4 is 5.32 Å². The molecule has 0 fully saturated rings. The second-order valence-electron chi connectivity index (χ2n) is 5.59. The molecule has 0 bridgehead atoms. The molecule has 1 heterocycles. The number of carbonyl (C=O) groups is 1. The van der Waals surface area contributed by atoms with Crippen LogP contribution >= 0.6 is 0 Å². The summed E-state index contributed by atoms with van der Waals surface area (Å²) in [7, 11) is 1.86. The van der Waals surface area contributed by atoms with Gasteiger partial charge in [0.1, 0.15) is 0 Å². The summed E-state index contributed by atoms with van der Waals surface area (Å²) in [6.07, 6.45) is 2.67. The van der Waals surface area contributed by atoms with Crippen molar-refractivity contribution in [1.82, 2.24) is 15.0 Å². The molecule has 1 amide bonds. The predicted molar refractivity (Wildman–Crippen MR) is 89.1 cm³/mol. The fraction of sp³-hybridized carbons (Fsp3) is 0.471. The van der Waals surface area contributed by atoms with Crippen molar-refractivity contribution in [2.45, 2.75) is 39.7 Å². The van der Waals surface area contributed by atoms with Gasteiger partial charge in [-0.1, -0.05) is 37.2 Å². The molecule has 6 nitrogen and oxygen atoms in total. The van der Waals surface area contributed by atoms with Gasteiger partial charge < -0.3 is 9.84 Å². The molecule has 1 N–H and O–H groups in total. The number of nitrogens with one attached hydrogen (secondary N) is 1. The molecule has 1 aromatic heterocycles. The van der Waals surface area contributed by atoms with Crippen molar-refractivity contribution >= 4 is 11.6 Å². The Morgan fingerprint density at radius 1 is 1.30 bits per heavy atom. The number of aromatic nitrogens is 2. The number of benzene rings is 1. The van der Waals surface area contributed by atoms with Crippen molar-refractivity contribution in [3.63, 3.8) is 0 Å². The molecule has 0 saturated heterocycles. The maximum absolute atomic E-state index is 12.2. The highest BCUT2D eigenvalue weighted by Crippen LogP contribution is 2.15. The normalized spacial score (nSPS) is 11.0. The van der Waals surface area contributed by atoms with E-state index in [1.165, 1.54) is 0 Å². The van der Waals surface area contributed by atoms with Crippen LogP contribution in [0.3, 0.4) is 0 Å². The van der Waals surface area contributed by atoms with E-state index in [-0.39, 0.29) is 12.5 Å². The molecular formula is C17H24N4O2. The molecule has 0 aliphatic rings. The molecule has 0 aliphatic heterocycles. The Morgan fingerprint density at radius 2 is 2.09 bits per heavy atom. The minimum absolute atomic E-state index is 0.0540. The van der Waals surface area contributed by atoms with Crippen molar-refractivity contribution in [2.24, 2.45) is 0 Å². The van der Waals surface area contributed by atoms with Gasteiger partial charge in [-0.25, -0.2) is 0 Å². The molecule has 23 heavy (non-hydrogen) atoms. The third-order valence-electron chi connectivity index (χ3n) is 3.47. The van der Waals surface area contributed by atoms with Crippen LogP contribution in [0.1, 0.15) is 37.5 Å². The Morgan fingerprint density at radius 3 is 2.83 bits per heavy atom. The second-order valence-corrected chi connectivity index (χ2v) is 5.59. The van der Waals surface area contributed by atoms with Gasteiger partial charge in [0.25, 0.3) is 0 Å². The molecule has 2 rings (SSSR count). The minimum Gasteiger partial charge on any atom is -0.338 e. The first-order valence-electron chi connectivity index (χ1n) is 8.00. The zero-order chi connectivity index (χ0) is 16.7. The molecule has 0 saturated carbocycles. The lowest BCUT2D eigenvalue weighted by atomic mass is 10.1. The van der Waals surface area contributed by atoms with Gasteiger partial charge in [-0.2, -0.15) is 4.98 Å². The van der Waals surface area contributed by atoms with Crippen molar-refractivity contribution in [1.29, 1.82) is 0 Å². The third-order valence-corrected chi connectivity index (χ3v) is 3.47. The van der Waals surface area contributed by atoms with Gasteiger partial charge in [0.15, 0.2) is 5.82 Å². The molecule has 0 spiro atoms. The Labute approximate surface area is 136 Å². The van der Waals surface area contributed by atoms with Crippen LogP contribution in [-0.4, -0.2) is 34.5 Å². The van der Waals surface area contributed by atoms with Crippen LogP contribution in [0.5, 0.6) is 0 Å². The molecule has 0 atom stereocenters. The summed E-state index contributed by atoms with van der Waals surface area (Å²) in [4.78, 5) is 18.3. The first-order valence-corrected chi connectivity index (χ1v) is 8.00. The highest BCUT2D eigenvalue weighted by Gasteiger charge is 2.12. The largest absolute Gasteiger partial charge is 0.338 e. The third kappa shape index (κ3) is 5.17. The summed E-state index contributed by atoms with van der Waals surface area (Å²) in [5.41, 5.74) is 2.00. The number of aryl methyl sites for hydroxylation is 2. The first-order chi connectivity index (χ1) is 11.1. The number of carbonyl (C=O) groups excluding carboxylic acids is 1. The SMILES string of the molecule is CCCc1noc(CN(C)CC(=O)Nc2ccccc2CC)n1. The lowest BCUT2D eigenvalue weighted by Crippen LogP contribution is -2.30. The maximum Gasteiger partial charge on any atom is 0.240 e. The van der Waals surface area contributed by atoms with Crippen LogP contribution in [-0.2, 0) is 24.2 Å². The van der Waals surface area contributed by atoms with Gasteiger partial charge in [0.2, 0.25) is 11.8 Å². The molecular weight excluding hydrogens is 292 g/mol. The number of para-hydroxylation sites is 1. The van der Waals surface area contributed by atoms with Crippen molar-refractivity contribution in [3.05, 3.63) is 41.5 Å². The molecule has 0 unspecified atom stereocenters. The molecule has 124 valence electrons. The van der Waals surface area contributed by atoms with Crippen LogP contribution in [0.25, 0.3) is 0 Å². The van der Waals surface area contributed by atoms with Gasteiger partial charge in [0, 0.05) is 12.1 Å². The second kappa shape index (κ2) is 8.43. The number of amides is 1. The summed E-state index contributed by atoms with van der Waals surface area (Å²) in [6, 6.07) is 7.84. The van der Waals surface area contributed by atoms with E-state index in [9.17, 15) is 4.79 Å². The van der Waals surface area contributed by atoms with Gasteiger partial charge in [0.05, 0.1) is 13.1 Å². The van der Waals surface area contributed by atoms with E-state index in [0.29, 0.717) is 12.4 Å². The number of rotatable bonds is 8. The summed E-state index contributed by atoms with van der Waals surface area (Å²) >= 11 is 0. The van der Waals surface area contributed by atoms with Crippen LogP contribution in [0.15, 0.2) is 28.8 Å². The fourth-order valence-corrected chi connectivity index (χ4v) is 2.35. The lowest BCUT2D eigenvalue weighted by Gasteiger charge is -2.15. The predicted octanol–water partition coefficient (Wildman–Crippen LogP) is 2.66. The zero-order valence-electron chi connectivity index (χ0n) is 14.0. The van der Waals surface area contributed by atoms with Crippen molar-refractivity contribution in [3.8, 4) is 0 Å². The highest BCUT2D eigenvalue weighted by molar-refractivity contribution is 5.92. The van der Waals surface area contributed by atoms with E-state index in [2.05, 4.69) is 29.3 Å². The Balaban J connectivity index is 1.86. The standard InChI is InChI=1S/C17H24N4O2/c1-4-8-15-19-17(23-20-15)12-21(3)11-16(22)18-14-10-7-6-9-13(14)5-2/h6-7,9-10H,4-5,8,11-12H2,1-3H3,(H,18,22). The van der Waals surface area contributed by atoms with E-state index < -0.39 is 0 Å². The van der Waals surface area contributed by atoms with E-state index in [0.717, 1.165) is 36.3 Å². The quantitative estimate of drug-likeness (QED) is 0.810. The van der Waals surface area contributed by atoms with Crippen LogP contribution in [0.2, 0.25) is 0 Å². The maximum atomic E-state index is 12.2. The fourth-order valence-electron chi connectivity index (χ4n) is 2.35. The molecule has 1 aromatic carbocycles. The monoisotopic (exact) mass is 316 g/mol. The number of anilines is 1. The molecule has 0 aliphatic carbocycles. The van der Waals surface area contributed by atoms with Gasteiger partial charge in [-0.05, 0) is 31.5 Å². The molecule has 6 heteroatoms. The Hall–Kier alpha value is -2.21. The average molecular weight is 316 g/mol. The summed E-state index contributed by atoms with van der Waals surface area (Å²) in [5.74, 6) is 1.21. The smallest absolute Gasteiger partial charge is 0.240 e. The molecule has 0 radical (unpaired) electrons. The van der Waals surface area contributed by atoms with E-state index in [1.54, 1.807) is 0 Å². The summed E-state index contributed by atoms with van der Waals surface area (Å²) in [5, 5.41) is 6.87. The van der Waals surface area contributed by atoms with E-state index >= 15 is 0 Å². The summed E-state index contributed by atoms with van der Waals surface area (Å²) < 4.78 is 5.19. The Bertz CT molecular complexity index is 639. The highest BCUT2D eigenvalue weighted by atomic mass is 16.5. The average Bonchev–Trinajstić information content (AvgIpc) is 2.95. The number of hydrogen-bond donors (Lipinski definition) is 1. The van der Waals surface area contributed by atoms with Crippen LogP contribution in [0, 0.1) is 0 Å². The topological polar surface area (TPSA) is 71.3 Å². The number of nitrogens with zero attached hydrogens (tertiary/aromatic N) is 3. The number of hydrogen-bond acceptors (Lipinski definition) is 5. The van der Waals surface area contributed by atoms with E-state index in [1.807, 2.05) is 36.2 Å². The minimum atomic E-state index is -0.0540. The van der Waals surface area contributed by atoms with Crippen molar-refractivity contribution < 1.29 is 9.32 Å². The summed E-state index contributed by atoms with van der Waals surface area (Å²) in [6.45, 7) is 4.87.